The minimum absolute atomic E-state index is 0.331. The van der Waals surface area contributed by atoms with E-state index in [1.807, 2.05) is 13.8 Å². The van der Waals surface area contributed by atoms with Crippen molar-refractivity contribution in [3.8, 4) is 5.88 Å². The second-order valence-electron chi connectivity index (χ2n) is 4.93. The lowest BCUT2D eigenvalue weighted by Gasteiger charge is -2.09. The number of aromatic amines is 1. The van der Waals surface area contributed by atoms with E-state index in [-0.39, 0.29) is 0 Å². The van der Waals surface area contributed by atoms with E-state index in [0.29, 0.717) is 35.1 Å². The number of fused-ring (bicyclic) bond motifs is 1. The molecule has 0 aromatic carbocycles. The molecule has 0 unspecified atom stereocenters. The minimum atomic E-state index is -3.56. The third-order valence-corrected chi connectivity index (χ3v) is 3.69. The average molecular weight is 310 g/mol. The number of H-pyrrole nitrogens is 1. The maximum Gasteiger partial charge on any atom is 0.254 e. The molecule has 2 heterocycles. The van der Waals surface area contributed by atoms with E-state index in [0.717, 1.165) is 5.41 Å². The number of rotatable bonds is 6. The number of anilines is 1. The predicted molar refractivity (Wildman–Crippen MR) is 81.6 cm³/mol. The van der Waals surface area contributed by atoms with Gasteiger partial charge in [-0.2, -0.15) is 0 Å². The molecule has 2 N–H and O–H groups in total. The van der Waals surface area contributed by atoms with E-state index in [1.165, 1.54) is 18.6 Å². The molecular weight excluding hydrogens is 292 g/mol. The van der Waals surface area contributed by atoms with Crippen LogP contribution in [0.15, 0.2) is 24.0 Å². The molecule has 0 aliphatic carbocycles. The highest BCUT2D eigenvalue weighted by molar-refractivity contribution is 7.95. The van der Waals surface area contributed by atoms with Crippen molar-refractivity contribution in [2.24, 2.45) is 5.92 Å². The Bertz CT molecular complexity index is 750. The zero-order chi connectivity index (χ0) is 15.5. The molecular formula is C13H18N4O3S. The van der Waals surface area contributed by atoms with Gasteiger partial charge in [-0.05, 0) is 12.8 Å². The summed E-state index contributed by atoms with van der Waals surface area (Å²) in [4.78, 5) is 11.0. The van der Waals surface area contributed by atoms with E-state index >= 15 is 0 Å². The van der Waals surface area contributed by atoms with Gasteiger partial charge in [0.15, 0.2) is 0 Å². The first-order valence-electron chi connectivity index (χ1n) is 6.53. The van der Waals surface area contributed by atoms with Crippen LogP contribution in [0.5, 0.6) is 5.88 Å². The first kappa shape index (κ1) is 15.3. The molecule has 0 spiro atoms. The molecule has 0 aliphatic rings. The number of ether oxygens (including phenoxy) is 1. The summed E-state index contributed by atoms with van der Waals surface area (Å²) in [6, 6.07) is 0. The molecule has 8 heteroatoms. The third kappa shape index (κ3) is 3.72. The van der Waals surface area contributed by atoms with Crippen LogP contribution in [0.1, 0.15) is 20.8 Å². The lowest BCUT2D eigenvalue weighted by atomic mass is 10.2. The van der Waals surface area contributed by atoms with E-state index in [4.69, 9.17) is 4.74 Å². The Hall–Kier alpha value is -2.09. The lowest BCUT2D eigenvalue weighted by Crippen LogP contribution is -2.09. The third-order valence-electron chi connectivity index (χ3n) is 2.56. The SMILES string of the molecule is CC=CS(=O)(=O)Nc1c[nH]c2ncnc(OCC(C)C)c12. The Morgan fingerprint density at radius 1 is 1.43 bits per heavy atom. The molecule has 0 saturated carbocycles. The summed E-state index contributed by atoms with van der Waals surface area (Å²) in [5.74, 6) is 0.685. The highest BCUT2D eigenvalue weighted by Crippen LogP contribution is 2.30. The van der Waals surface area contributed by atoms with Gasteiger partial charge in [-0.15, -0.1) is 0 Å². The fourth-order valence-electron chi connectivity index (χ4n) is 1.74. The van der Waals surface area contributed by atoms with Gasteiger partial charge in [-0.3, -0.25) is 4.72 Å². The van der Waals surface area contributed by atoms with Gasteiger partial charge in [0, 0.05) is 11.6 Å². The van der Waals surface area contributed by atoms with Crippen molar-refractivity contribution in [1.29, 1.82) is 0 Å². The normalized spacial score (nSPS) is 12.4. The van der Waals surface area contributed by atoms with Crippen molar-refractivity contribution in [3.63, 3.8) is 0 Å². The standard InChI is InChI=1S/C13H18N4O3S/c1-4-5-21(18,19)17-10-6-14-12-11(10)13(16-8-15-12)20-7-9(2)3/h4-6,8-9,17H,7H2,1-3H3,(H,14,15,16). The van der Waals surface area contributed by atoms with Crippen molar-refractivity contribution >= 4 is 26.7 Å². The zero-order valence-electron chi connectivity index (χ0n) is 12.1. The Labute approximate surface area is 123 Å². The van der Waals surface area contributed by atoms with Crippen LogP contribution < -0.4 is 9.46 Å². The maximum atomic E-state index is 11.8. The summed E-state index contributed by atoms with van der Waals surface area (Å²) in [5, 5.41) is 1.61. The summed E-state index contributed by atoms with van der Waals surface area (Å²) in [6.45, 7) is 6.16. The monoisotopic (exact) mass is 310 g/mol. The molecule has 2 rings (SSSR count). The Balaban J connectivity index is 2.41. The molecule has 21 heavy (non-hydrogen) atoms. The number of hydrogen-bond donors (Lipinski definition) is 2. The first-order chi connectivity index (χ1) is 9.93. The van der Waals surface area contributed by atoms with Crippen molar-refractivity contribution < 1.29 is 13.2 Å². The highest BCUT2D eigenvalue weighted by atomic mass is 32.2. The molecule has 7 nitrogen and oxygen atoms in total. The van der Waals surface area contributed by atoms with Gasteiger partial charge in [0.25, 0.3) is 10.0 Å². The second kappa shape index (κ2) is 6.13. The van der Waals surface area contributed by atoms with Crippen molar-refractivity contribution in [2.75, 3.05) is 11.3 Å². The molecule has 2 aromatic heterocycles. The summed E-state index contributed by atoms with van der Waals surface area (Å²) in [5.41, 5.74) is 0.879. The van der Waals surface area contributed by atoms with Crippen molar-refractivity contribution in [2.45, 2.75) is 20.8 Å². The van der Waals surface area contributed by atoms with Crippen molar-refractivity contribution in [3.05, 3.63) is 24.0 Å². The fraction of sp³-hybridized carbons (Fsp3) is 0.385. The summed E-state index contributed by atoms with van der Waals surface area (Å²) in [7, 11) is -3.56. The van der Waals surface area contributed by atoms with Crippen LogP contribution in [0.25, 0.3) is 11.0 Å². The van der Waals surface area contributed by atoms with Crippen LogP contribution in [-0.4, -0.2) is 30.0 Å². The quantitative estimate of drug-likeness (QED) is 0.853. The molecule has 0 atom stereocenters. The molecule has 0 fully saturated rings. The number of aromatic nitrogens is 3. The minimum Gasteiger partial charge on any atom is -0.477 e. The van der Waals surface area contributed by atoms with Gasteiger partial charge in [-0.25, -0.2) is 18.4 Å². The average Bonchev–Trinajstić information content (AvgIpc) is 2.79. The molecule has 0 saturated heterocycles. The molecule has 0 aliphatic heterocycles. The summed E-state index contributed by atoms with van der Waals surface area (Å²) in [6.07, 6.45) is 4.35. The van der Waals surface area contributed by atoms with Crippen LogP contribution in [0.4, 0.5) is 5.69 Å². The predicted octanol–water partition coefficient (Wildman–Crippen LogP) is 2.27. The maximum absolute atomic E-state index is 11.8. The smallest absolute Gasteiger partial charge is 0.254 e. The van der Waals surface area contributed by atoms with Crippen LogP contribution in [-0.2, 0) is 10.0 Å². The number of allylic oxidation sites excluding steroid dienone is 1. The van der Waals surface area contributed by atoms with Crippen LogP contribution >= 0.6 is 0 Å². The van der Waals surface area contributed by atoms with Crippen LogP contribution in [0.2, 0.25) is 0 Å². The van der Waals surface area contributed by atoms with Crippen molar-refractivity contribution in [1.82, 2.24) is 15.0 Å². The second-order valence-corrected chi connectivity index (χ2v) is 6.49. The van der Waals surface area contributed by atoms with Crippen LogP contribution in [0.3, 0.4) is 0 Å². The van der Waals surface area contributed by atoms with Gasteiger partial charge in [0.05, 0.1) is 12.3 Å². The Kier molecular flexibility index (Phi) is 4.46. The van der Waals surface area contributed by atoms with Crippen LogP contribution in [0, 0.1) is 5.92 Å². The van der Waals surface area contributed by atoms with Gasteiger partial charge >= 0.3 is 0 Å². The van der Waals surface area contributed by atoms with Gasteiger partial charge in [0.1, 0.15) is 17.4 Å². The Morgan fingerprint density at radius 2 is 2.19 bits per heavy atom. The van der Waals surface area contributed by atoms with E-state index in [1.54, 1.807) is 6.92 Å². The number of hydrogen-bond acceptors (Lipinski definition) is 5. The molecule has 114 valence electrons. The van der Waals surface area contributed by atoms with Gasteiger partial charge in [-0.1, -0.05) is 19.9 Å². The highest BCUT2D eigenvalue weighted by Gasteiger charge is 2.16. The largest absolute Gasteiger partial charge is 0.477 e. The lowest BCUT2D eigenvalue weighted by molar-refractivity contribution is 0.264. The molecule has 0 radical (unpaired) electrons. The van der Waals surface area contributed by atoms with Gasteiger partial charge in [0.2, 0.25) is 5.88 Å². The fourth-order valence-corrected chi connectivity index (χ4v) is 2.63. The van der Waals surface area contributed by atoms with E-state index < -0.39 is 10.0 Å². The van der Waals surface area contributed by atoms with Gasteiger partial charge < -0.3 is 9.72 Å². The topological polar surface area (TPSA) is 97.0 Å². The summed E-state index contributed by atoms with van der Waals surface area (Å²) >= 11 is 0. The number of sulfonamides is 1. The van der Waals surface area contributed by atoms with E-state index in [9.17, 15) is 8.42 Å². The zero-order valence-corrected chi connectivity index (χ0v) is 12.9. The Morgan fingerprint density at radius 3 is 2.86 bits per heavy atom. The number of nitrogens with zero attached hydrogens (tertiary/aromatic N) is 2. The number of nitrogens with one attached hydrogen (secondary N) is 2. The molecule has 2 aromatic rings. The summed E-state index contributed by atoms with van der Waals surface area (Å²) < 4.78 is 31.7. The first-order valence-corrected chi connectivity index (χ1v) is 8.08. The van der Waals surface area contributed by atoms with E-state index in [2.05, 4.69) is 19.7 Å². The molecule has 0 amide bonds. The molecule has 0 bridgehead atoms.